The van der Waals surface area contributed by atoms with Crippen LogP contribution in [0.25, 0.3) is 0 Å². The fourth-order valence-electron chi connectivity index (χ4n) is 1.71. The van der Waals surface area contributed by atoms with Crippen molar-refractivity contribution in [2.75, 3.05) is 39.3 Å². The molecule has 3 heteroatoms. The van der Waals surface area contributed by atoms with Gasteiger partial charge < -0.3 is 10.0 Å². The Kier molecular flexibility index (Phi) is 7.14. The monoisotopic (exact) mass is 216 g/mol. The molecule has 0 saturated carbocycles. The molecule has 0 aliphatic carbocycles. The first-order chi connectivity index (χ1) is 6.95. The number of hydrogen-bond donors (Lipinski definition) is 1. The number of nitrogens with zero attached hydrogens (tertiary/aromatic N) is 2. The molecular weight excluding hydrogens is 188 g/mol. The van der Waals surface area contributed by atoms with Crippen molar-refractivity contribution < 1.29 is 5.11 Å². The topological polar surface area (TPSA) is 26.7 Å². The molecule has 0 heterocycles. The number of β-amino-alcohol motifs (C(OH)–C–C–N with tert-alkyl or cyclic N) is 1. The van der Waals surface area contributed by atoms with E-state index in [0.717, 1.165) is 32.7 Å². The summed E-state index contributed by atoms with van der Waals surface area (Å²) in [5, 5.41) is 9.02. The zero-order valence-corrected chi connectivity index (χ0v) is 11.1. The Labute approximate surface area is 95.1 Å². The maximum atomic E-state index is 9.02. The number of hydrogen-bond acceptors (Lipinski definition) is 3. The fraction of sp³-hybridized carbons (Fsp3) is 1.00. The molecule has 0 aliphatic rings. The van der Waals surface area contributed by atoms with Gasteiger partial charge in [0.15, 0.2) is 0 Å². The molecule has 0 radical (unpaired) electrons. The van der Waals surface area contributed by atoms with E-state index in [-0.39, 0.29) is 12.1 Å². The largest absolute Gasteiger partial charge is 0.395 e. The smallest absolute Gasteiger partial charge is 0.0558 e. The summed E-state index contributed by atoms with van der Waals surface area (Å²) in [5.74, 6) is 0. The first-order valence-corrected chi connectivity index (χ1v) is 6.04. The van der Waals surface area contributed by atoms with Crippen LogP contribution in [0.2, 0.25) is 0 Å². The van der Waals surface area contributed by atoms with Crippen LogP contribution >= 0.6 is 0 Å². The molecule has 0 fully saturated rings. The Hall–Kier alpha value is -0.120. The van der Waals surface area contributed by atoms with Crippen molar-refractivity contribution in [1.29, 1.82) is 0 Å². The standard InChI is InChI=1S/C12H28N2O/c1-6-13(7-2)8-9-14(10-11-15)12(3,4)5/h15H,6-11H2,1-5H3. The van der Waals surface area contributed by atoms with Crippen molar-refractivity contribution in [2.45, 2.75) is 40.2 Å². The van der Waals surface area contributed by atoms with Crippen molar-refractivity contribution in [1.82, 2.24) is 9.80 Å². The minimum Gasteiger partial charge on any atom is -0.395 e. The number of likely N-dealkylation sites (N-methyl/N-ethyl adjacent to an activating group) is 1. The van der Waals surface area contributed by atoms with Crippen LogP contribution in [0.1, 0.15) is 34.6 Å². The maximum Gasteiger partial charge on any atom is 0.0558 e. The fourth-order valence-corrected chi connectivity index (χ4v) is 1.71. The molecule has 0 aromatic heterocycles. The van der Waals surface area contributed by atoms with Crippen LogP contribution < -0.4 is 0 Å². The van der Waals surface area contributed by atoms with Gasteiger partial charge in [-0.05, 0) is 33.9 Å². The molecule has 0 saturated heterocycles. The third-order valence-electron chi connectivity index (χ3n) is 2.90. The first-order valence-electron chi connectivity index (χ1n) is 6.04. The van der Waals surface area contributed by atoms with Gasteiger partial charge in [-0.15, -0.1) is 0 Å². The Morgan fingerprint density at radius 2 is 1.47 bits per heavy atom. The SMILES string of the molecule is CCN(CC)CCN(CCO)C(C)(C)C. The summed E-state index contributed by atoms with van der Waals surface area (Å²) in [6.45, 7) is 16.3. The molecule has 0 unspecified atom stereocenters. The molecule has 15 heavy (non-hydrogen) atoms. The molecule has 0 aromatic rings. The van der Waals surface area contributed by atoms with Gasteiger partial charge in [0.2, 0.25) is 0 Å². The highest BCUT2D eigenvalue weighted by Gasteiger charge is 2.20. The van der Waals surface area contributed by atoms with Gasteiger partial charge in [0.1, 0.15) is 0 Å². The summed E-state index contributed by atoms with van der Waals surface area (Å²) >= 11 is 0. The van der Waals surface area contributed by atoms with Gasteiger partial charge in [0.25, 0.3) is 0 Å². The lowest BCUT2D eigenvalue weighted by atomic mass is 10.1. The van der Waals surface area contributed by atoms with Gasteiger partial charge in [-0.1, -0.05) is 13.8 Å². The summed E-state index contributed by atoms with van der Waals surface area (Å²) < 4.78 is 0. The predicted molar refractivity (Wildman–Crippen MR) is 66.2 cm³/mol. The summed E-state index contributed by atoms with van der Waals surface area (Å²) in [7, 11) is 0. The maximum absolute atomic E-state index is 9.02. The van der Waals surface area contributed by atoms with E-state index in [0.29, 0.717) is 0 Å². The quantitative estimate of drug-likeness (QED) is 0.697. The molecule has 0 amide bonds. The highest BCUT2D eigenvalue weighted by Crippen LogP contribution is 2.12. The van der Waals surface area contributed by atoms with Crippen molar-refractivity contribution in [2.24, 2.45) is 0 Å². The number of aliphatic hydroxyl groups excluding tert-OH is 1. The van der Waals surface area contributed by atoms with Crippen LogP contribution in [0.15, 0.2) is 0 Å². The number of rotatable bonds is 7. The predicted octanol–water partition coefficient (Wildman–Crippen LogP) is 1.42. The Morgan fingerprint density at radius 1 is 0.933 bits per heavy atom. The molecule has 0 bridgehead atoms. The second-order valence-corrected chi connectivity index (χ2v) is 4.91. The van der Waals surface area contributed by atoms with E-state index in [1.165, 1.54) is 0 Å². The van der Waals surface area contributed by atoms with E-state index in [1.54, 1.807) is 0 Å². The van der Waals surface area contributed by atoms with Crippen molar-refractivity contribution in [3.63, 3.8) is 0 Å². The Balaban J connectivity index is 4.06. The van der Waals surface area contributed by atoms with Gasteiger partial charge in [0, 0.05) is 25.2 Å². The van der Waals surface area contributed by atoms with Crippen LogP contribution in [-0.4, -0.2) is 59.8 Å². The van der Waals surface area contributed by atoms with Gasteiger partial charge in [0.05, 0.1) is 6.61 Å². The lowest BCUT2D eigenvalue weighted by Gasteiger charge is -2.36. The van der Waals surface area contributed by atoms with Gasteiger partial charge in [-0.3, -0.25) is 4.90 Å². The van der Waals surface area contributed by atoms with E-state index in [4.69, 9.17) is 5.11 Å². The number of aliphatic hydroxyl groups is 1. The average molecular weight is 216 g/mol. The molecule has 92 valence electrons. The van der Waals surface area contributed by atoms with Crippen LogP contribution in [0, 0.1) is 0 Å². The molecular formula is C12H28N2O. The summed E-state index contributed by atoms with van der Waals surface area (Å²) in [6.07, 6.45) is 0. The van der Waals surface area contributed by atoms with Crippen LogP contribution in [-0.2, 0) is 0 Å². The summed E-state index contributed by atoms with van der Waals surface area (Å²) in [6, 6.07) is 0. The van der Waals surface area contributed by atoms with Gasteiger partial charge in [-0.2, -0.15) is 0 Å². The third kappa shape index (κ3) is 6.13. The molecule has 0 atom stereocenters. The molecule has 3 nitrogen and oxygen atoms in total. The van der Waals surface area contributed by atoms with Crippen molar-refractivity contribution >= 4 is 0 Å². The molecule has 0 aliphatic heterocycles. The van der Waals surface area contributed by atoms with E-state index >= 15 is 0 Å². The van der Waals surface area contributed by atoms with Gasteiger partial charge >= 0.3 is 0 Å². The van der Waals surface area contributed by atoms with Gasteiger partial charge in [-0.25, -0.2) is 0 Å². The van der Waals surface area contributed by atoms with Crippen molar-refractivity contribution in [3.05, 3.63) is 0 Å². The molecule has 1 N–H and O–H groups in total. The summed E-state index contributed by atoms with van der Waals surface area (Å²) in [4.78, 5) is 4.75. The van der Waals surface area contributed by atoms with E-state index in [9.17, 15) is 0 Å². The lowest BCUT2D eigenvalue weighted by Crippen LogP contribution is -2.46. The van der Waals surface area contributed by atoms with Crippen LogP contribution in [0.5, 0.6) is 0 Å². The van der Waals surface area contributed by atoms with Crippen LogP contribution in [0.4, 0.5) is 0 Å². The minimum absolute atomic E-state index is 0.149. The summed E-state index contributed by atoms with van der Waals surface area (Å²) in [5.41, 5.74) is 0.149. The normalized spacial score (nSPS) is 12.8. The third-order valence-corrected chi connectivity index (χ3v) is 2.90. The van der Waals surface area contributed by atoms with E-state index in [1.807, 2.05) is 0 Å². The second kappa shape index (κ2) is 7.20. The molecule has 0 rings (SSSR count). The van der Waals surface area contributed by atoms with Crippen molar-refractivity contribution in [3.8, 4) is 0 Å². The zero-order chi connectivity index (χ0) is 11.9. The average Bonchev–Trinajstić information content (AvgIpc) is 2.16. The lowest BCUT2D eigenvalue weighted by molar-refractivity contribution is 0.0926. The van der Waals surface area contributed by atoms with E-state index in [2.05, 4.69) is 44.4 Å². The Morgan fingerprint density at radius 3 is 1.80 bits per heavy atom. The first kappa shape index (κ1) is 14.9. The highest BCUT2D eigenvalue weighted by atomic mass is 16.3. The minimum atomic E-state index is 0.149. The molecule has 0 aromatic carbocycles. The zero-order valence-electron chi connectivity index (χ0n) is 11.1. The highest BCUT2D eigenvalue weighted by molar-refractivity contribution is 4.76. The van der Waals surface area contributed by atoms with Crippen LogP contribution in [0.3, 0.4) is 0 Å². The Bertz CT molecular complexity index is 150. The van der Waals surface area contributed by atoms with E-state index < -0.39 is 0 Å². The molecule has 0 spiro atoms. The second-order valence-electron chi connectivity index (χ2n) is 4.91.